The van der Waals surface area contributed by atoms with Gasteiger partial charge >= 0.3 is 0 Å². The van der Waals surface area contributed by atoms with Crippen molar-refractivity contribution < 1.29 is 18.6 Å². The largest absolute Gasteiger partial charge is 0.491 e. The molecule has 33 heavy (non-hydrogen) atoms. The van der Waals surface area contributed by atoms with Gasteiger partial charge in [-0.3, -0.25) is 0 Å². The number of hydrogen-bond acceptors (Lipinski definition) is 8. The van der Waals surface area contributed by atoms with Gasteiger partial charge in [0.05, 0.1) is 11.6 Å². The second-order valence-corrected chi connectivity index (χ2v) is 8.33. The van der Waals surface area contributed by atoms with Crippen LogP contribution in [0.3, 0.4) is 0 Å². The van der Waals surface area contributed by atoms with E-state index in [1.54, 1.807) is 36.1 Å². The zero-order valence-electron chi connectivity index (χ0n) is 17.5. The van der Waals surface area contributed by atoms with Gasteiger partial charge in [-0.15, -0.1) is 10.2 Å². The minimum absolute atomic E-state index is 0.267. The quantitative estimate of drug-likeness (QED) is 0.380. The minimum atomic E-state index is -1.15. The van der Waals surface area contributed by atoms with E-state index in [-0.39, 0.29) is 19.3 Å². The van der Waals surface area contributed by atoms with Gasteiger partial charge in [0.2, 0.25) is 17.6 Å². The first kappa shape index (κ1) is 21.8. The summed E-state index contributed by atoms with van der Waals surface area (Å²) >= 11 is 12.6. The summed E-state index contributed by atoms with van der Waals surface area (Å²) in [6, 6.07) is 12.6. The number of halogens is 2. The van der Waals surface area contributed by atoms with Gasteiger partial charge in [0.1, 0.15) is 37.7 Å². The molecule has 0 N–H and O–H groups in total. The summed E-state index contributed by atoms with van der Waals surface area (Å²) in [5.41, 5.74) is 1.47. The fourth-order valence-electron chi connectivity index (χ4n) is 3.58. The van der Waals surface area contributed by atoms with E-state index in [4.69, 9.17) is 41.8 Å². The lowest BCUT2D eigenvalue weighted by atomic mass is 10.1. The maximum Gasteiger partial charge on any atom is 0.247 e. The molecular weight excluding hydrogens is 469 g/mol. The standard InChI is InChI=1S/C22H19Cl2N5O4/c1-14-27-28-21(32-14)15-2-5-17(6-3-15)30-9-18-10-31-22(33-18,11-29-13-25-12-26-29)19-7-4-16(23)8-20(19)24/h2-8,12-13,18H,9-11H2,1H3/t18-,22-/m1/s1. The van der Waals surface area contributed by atoms with Crippen LogP contribution < -0.4 is 4.74 Å². The average Bonchev–Trinajstić information content (AvgIpc) is 3.55. The lowest BCUT2D eigenvalue weighted by Gasteiger charge is -2.29. The van der Waals surface area contributed by atoms with Crippen molar-refractivity contribution in [3.05, 3.63) is 76.6 Å². The number of benzene rings is 2. The SMILES string of the molecule is Cc1nnc(-c2ccc(OC[C@@H]3CO[C@@](Cn4cncn4)(c4ccc(Cl)cc4Cl)O3)cc2)o1. The molecule has 0 amide bonds. The summed E-state index contributed by atoms with van der Waals surface area (Å²) in [6.07, 6.45) is 2.71. The van der Waals surface area contributed by atoms with Gasteiger partial charge in [-0.2, -0.15) is 5.10 Å². The summed E-state index contributed by atoms with van der Waals surface area (Å²) in [5.74, 6) is 0.503. The minimum Gasteiger partial charge on any atom is -0.491 e. The zero-order chi connectivity index (χ0) is 22.8. The molecule has 0 spiro atoms. The Kier molecular flexibility index (Phi) is 6.03. The highest BCUT2D eigenvalue weighted by Crippen LogP contribution is 2.40. The molecule has 5 rings (SSSR count). The molecule has 1 fully saturated rings. The summed E-state index contributed by atoms with van der Waals surface area (Å²) in [5, 5.41) is 13.0. The Bertz CT molecular complexity index is 1230. The van der Waals surface area contributed by atoms with E-state index in [0.717, 1.165) is 5.56 Å². The van der Waals surface area contributed by atoms with E-state index in [1.807, 2.05) is 24.3 Å². The third-order valence-corrected chi connectivity index (χ3v) is 5.65. The molecule has 11 heteroatoms. The molecule has 9 nitrogen and oxygen atoms in total. The van der Waals surface area contributed by atoms with E-state index < -0.39 is 5.79 Å². The summed E-state index contributed by atoms with van der Waals surface area (Å²) in [4.78, 5) is 4.00. The highest BCUT2D eigenvalue weighted by atomic mass is 35.5. The number of aromatic nitrogens is 5. The third-order valence-electron chi connectivity index (χ3n) is 5.10. The van der Waals surface area contributed by atoms with E-state index in [2.05, 4.69) is 20.3 Å². The summed E-state index contributed by atoms with van der Waals surface area (Å²) in [7, 11) is 0. The van der Waals surface area contributed by atoms with Crippen molar-refractivity contribution in [1.29, 1.82) is 0 Å². The highest BCUT2D eigenvalue weighted by molar-refractivity contribution is 6.35. The van der Waals surface area contributed by atoms with Crippen molar-refractivity contribution in [3.8, 4) is 17.2 Å². The molecule has 1 saturated heterocycles. The maximum atomic E-state index is 6.49. The van der Waals surface area contributed by atoms with Gasteiger partial charge in [0.25, 0.3) is 0 Å². The molecule has 170 valence electrons. The van der Waals surface area contributed by atoms with Gasteiger partial charge in [-0.1, -0.05) is 29.3 Å². The molecule has 2 aromatic carbocycles. The molecule has 0 aliphatic carbocycles. The van der Waals surface area contributed by atoms with Crippen molar-refractivity contribution in [3.63, 3.8) is 0 Å². The Labute approximate surface area is 199 Å². The van der Waals surface area contributed by atoms with Gasteiger partial charge < -0.3 is 18.6 Å². The van der Waals surface area contributed by atoms with Crippen LogP contribution in [-0.4, -0.2) is 44.3 Å². The van der Waals surface area contributed by atoms with Gasteiger partial charge in [-0.05, 0) is 36.4 Å². The molecule has 2 aromatic heterocycles. The molecular formula is C22H19Cl2N5O4. The van der Waals surface area contributed by atoms with Crippen LogP contribution in [0.25, 0.3) is 11.5 Å². The van der Waals surface area contributed by atoms with E-state index in [9.17, 15) is 0 Å². The Morgan fingerprint density at radius 3 is 2.70 bits per heavy atom. The number of aryl methyl sites for hydroxylation is 1. The maximum absolute atomic E-state index is 6.49. The third kappa shape index (κ3) is 4.72. The Morgan fingerprint density at radius 1 is 1.15 bits per heavy atom. The second kappa shape index (κ2) is 9.11. The smallest absolute Gasteiger partial charge is 0.247 e. The number of rotatable bonds is 7. The Hall–Kier alpha value is -2.98. The van der Waals surface area contributed by atoms with Crippen LogP contribution in [0.5, 0.6) is 5.75 Å². The Balaban J connectivity index is 1.29. The van der Waals surface area contributed by atoms with Crippen LogP contribution in [0.15, 0.2) is 59.5 Å². The molecule has 3 heterocycles. The van der Waals surface area contributed by atoms with Crippen molar-refractivity contribution in [2.45, 2.75) is 25.4 Å². The summed E-state index contributed by atoms with van der Waals surface area (Å²) < 4.78 is 25.5. The molecule has 0 radical (unpaired) electrons. The predicted molar refractivity (Wildman–Crippen MR) is 119 cm³/mol. The Morgan fingerprint density at radius 2 is 2.00 bits per heavy atom. The van der Waals surface area contributed by atoms with Crippen LogP contribution in [-0.2, 0) is 21.8 Å². The highest BCUT2D eigenvalue weighted by Gasteiger charge is 2.45. The first-order chi connectivity index (χ1) is 16.0. The molecule has 0 saturated carbocycles. The lowest BCUT2D eigenvalue weighted by molar-refractivity contribution is -0.190. The fourth-order valence-corrected chi connectivity index (χ4v) is 4.13. The monoisotopic (exact) mass is 487 g/mol. The molecule has 2 atom stereocenters. The van der Waals surface area contributed by atoms with Gasteiger partial charge in [-0.25, -0.2) is 9.67 Å². The molecule has 0 unspecified atom stereocenters. The van der Waals surface area contributed by atoms with Crippen molar-refractivity contribution in [2.24, 2.45) is 0 Å². The van der Waals surface area contributed by atoms with E-state index in [0.29, 0.717) is 39.7 Å². The first-order valence-corrected chi connectivity index (χ1v) is 10.9. The van der Waals surface area contributed by atoms with Crippen LogP contribution in [0.2, 0.25) is 10.0 Å². The van der Waals surface area contributed by atoms with Gasteiger partial charge in [0.15, 0.2) is 0 Å². The lowest BCUT2D eigenvalue weighted by Crippen LogP contribution is -2.35. The predicted octanol–water partition coefficient (Wildman–Crippen LogP) is 4.29. The fraction of sp³-hybridized carbons (Fsp3) is 0.273. The average molecular weight is 488 g/mol. The van der Waals surface area contributed by atoms with Crippen molar-refractivity contribution >= 4 is 23.2 Å². The van der Waals surface area contributed by atoms with Crippen LogP contribution in [0.4, 0.5) is 0 Å². The van der Waals surface area contributed by atoms with Crippen LogP contribution in [0, 0.1) is 6.92 Å². The molecule has 0 bridgehead atoms. The molecule has 1 aliphatic heterocycles. The summed E-state index contributed by atoms with van der Waals surface area (Å²) in [6.45, 7) is 2.61. The number of ether oxygens (including phenoxy) is 3. The van der Waals surface area contributed by atoms with Crippen LogP contribution in [0.1, 0.15) is 11.5 Å². The number of hydrogen-bond donors (Lipinski definition) is 0. The topological polar surface area (TPSA) is 97.3 Å². The first-order valence-electron chi connectivity index (χ1n) is 10.1. The van der Waals surface area contributed by atoms with Gasteiger partial charge in [0, 0.05) is 23.1 Å². The van der Waals surface area contributed by atoms with Crippen molar-refractivity contribution in [1.82, 2.24) is 25.0 Å². The van der Waals surface area contributed by atoms with E-state index >= 15 is 0 Å². The van der Waals surface area contributed by atoms with E-state index in [1.165, 1.54) is 6.33 Å². The molecule has 4 aromatic rings. The second-order valence-electron chi connectivity index (χ2n) is 7.48. The molecule has 1 aliphatic rings. The van der Waals surface area contributed by atoms with Crippen molar-refractivity contribution in [2.75, 3.05) is 13.2 Å². The normalized spacial score (nSPS) is 20.3. The zero-order valence-corrected chi connectivity index (χ0v) is 19.0. The number of nitrogens with zero attached hydrogens (tertiary/aromatic N) is 5. The van der Waals surface area contributed by atoms with Crippen LogP contribution >= 0.6 is 23.2 Å².